The van der Waals surface area contributed by atoms with E-state index in [0.717, 1.165) is 102 Å². The van der Waals surface area contributed by atoms with Crippen LogP contribution in [0.3, 0.4) is 0 Å². The van der Waals surface area contributed by atoms with Crippen LogP contribution < -0.4 is 0 Å². The van der Waals surface area contributed by atoms with Crippen molar-refractivity contribution in [1.29, 1.82) is 0 Å². The number of rotatable bonds is 69. The maximum Gasteiger partial charge on any atom is 0.472 e. The van der Waals surface area contributed by atoms with Crippen molar-refractivity contribution < 1.29 is 80.2 Å². The van der Waals surface area contributed by atoms with Crippen LogP contribution in [0.2, 0.25) is 0 Å². The third kappa shape index (κ3) is 63.2. The Hall–Kier alpha value is -1.94. The molecule has 89 heavy (non-hydrogen) atoms. The molecule has 17 nitrogen and oxygen atoms in total. The molecule has 3 unspecified atom stereocenters. The highest BCUT2D eigenvalue weighted by molar-refractivity contribution is 7.47. The summed E-state index contributed by atoms with van der Waals surface area (Å²) in [6.07, 6.45) is 47.2. The maximum absolute atomic E-state index is 13.0. The summed E-state index contributed by atoms with van der Waals surface area (Å²) in [5, 5.41) is 10.6. The summed E-state index contributed by atoms with van der Waals surface area (Å²) < 4.78 is 68.2. The van der Waals surface area contributed by atoms with Crippen LogP contribution >= 0.6 is 15.6 Å². The van der Waals surface area contributed by atoms with Crippen LogP contribution in [0, 0.1) is 11.8 Å². The minimum atomic E-state index is -4.95. The molecule has 0 fully saturated rings. The van der Waals surface area contributed by atoms with Crippen molar-refractivity contribution >= 4 is 39.5 Å². The Morgan fingerprint density at radius 2 is 0.573 bits per heavy atom. The number of aliphatic hydroxyl groups is 1. The van der Waals surface area contributed by atoms with Crippen LogP contribution in [0.25, 0.3) is 0 Å². The van der Waals surface area contributed by atoms with Crippen molar-refractivity contribution in [2.45, 2.75) is 374 Å². The van der Waals surface area contributed by atoms with E-state index in [1.54, 1.807) is 0 Å². The largest absolute Gasteiger partial charge is 0.472 e. The number of carbonyl (C=O) groups excluding carboxylic acids is 4. The fraction of sp³-hybridized carbons (Fsp3) is 0.943. The first kappa shape index (κ1) is 87.1. The highest BCUT2D eigenvalue weighted by Gasteiger charge is 2.30. The van der Waals surface area contributed by atoms with Gasteiger partial charge in [-0.1, -0.05) is 305 Å². The summed E-state index contributed by atoms with van der Waals surface area (Å²) in [7, 11) is -9.90. The molecule has 19 heteroatoms. The first-order chi connectivity index (χ1) is 42.9. The van der Waals surface area contributed by atoms with Crippen molar-refractivity contribution in [1.82, 2.24) is 0 Å². The molecule has 0 rings (SSSR count). The molecule has 0 aliphatic rings. The van der Waals surface area contributed by atoms with Crippen molar-refractivity contribution in [2.24, 2.45) is 11.8 Å². The number of carbonyl (C=O) groups is 4. The summed E-state index contributed by atoms with van der Waals surface area (Å²) in [6, 6.07) is 0. The number of hydrogen-bond acceptors (Lipinski definition) is 15. The molecule has 0 aliphatic heterocycles. The van der Waals surface area contributed by atoms with Gasteiger partial charge >= 0.3 is 39.5 Å². The van der Waals surface area contributed by atoms with E-state index in [1.165, 1.54) is 173 Å². The molecular weight excluding hydrogens is 1170 g/mol. The number of aliphatic hydroxyl groups excluding tert-OH is 1. The molecule has 0 saturated heterocycles. The van der Waals surface area contributed by atoms with E-state index in [1.807, 2.05) is 0 Å². The molecule has 0 amide bonds. The van der Waals surface area contributed by atoms with Crippen LogP contribution in [0.1, 0.15) is 356 Å². The van der Waals surface area contributed by atoms with Gasteiger partial charge in [0, 0.05) is 25.7 Å². The number of phosphoric ester groups is 2. The molecule has 6 atom stereocenters. The Balaban J connectivity index is 5.21. The van der Waals surface area contributed by atoms with E-state index in [0.29, 0.717) is 25.7 Å². The van der Waals surface area contributed by atoms with Crippen LogP contribution in [0.5, 0.6) is 0 Å². The molecule has 0 heterocycles. The quantitative estimate of drug-likeness (QED) is 0.0222. The van der Waals surface area contributed by atoms with Gasteiger partial charge in [0.1, 0.15) is 19.3 Å². The van der Waals surface area contributed by atoms with Crippen LogP contribution in [-0.2, 0) is 65.4 Å². The number of hydrogen-bond donors (Lipinski definition) is 3. The zero-order valence-electron chi connectivity index (χ0n) is 57.7. The van der Waals surface area contributed by atoms with Gasteiger partial charge in [-0.2, -0.15) is 0 Å². The Morgan fingerprint density at radius 3 is 0.854 bits per heavy atom. The van der Waals surface area contributed by atoms with E-state index in [2.05, 4.69) is 41.5 Å². The number of ether oxygens (including phenoxy) is 4. The molecule has 0 aliphatic carbocycles. The van der Waals surface area contributed by atoms with Gasteiger partial charge < -0.3 is 33.8 Å². The normalized spacial score (nSPS) is 14.4. The second kappa shape index (κ2) is 62.2. The fourth-order valence-corrected chi connectivity index (χ4v) is 12.1. The predicted molar refractivity (Wildman–Crippen MR) is 358 cm³/mol. The van der Waals surface area contributed by atoms with Crippen molar-refractivity contribution in [3.63, 3.8) is 0 Å². The van der Waals surface area contributed by atoms with Gasteiger partial charge in [0.05, 0.1) is 26.4 Å². The van der Waals surface area contributed by atoms with Crippen LogP contribution in [0.4, 0.5) is 0 Å². The highest BCUT2D eigenvalue weighted by Crippen LogP contribution is 2.45. The molecule has 0 spiro atoms. The first-order valence-corrected chi connectivity index (χ1v) is 39.5. The minimum absolute atomic E-state index is 0.103. The number of phosphoric acid groups is 2. The van der Waals surface area contributed by atoms with E-state index >= 15 is 0 Å². The third-order valence-electron chi connectivity index (χ3n) is 16.6. The van der Waals surface area contributed by atoms with Gasteiger partial charge in [-0.15, -0.1) is 0 Å². The maximum atomic E-state index is 13.0. The van der Waals surface area contributed by atoms with E-state index in [4.69, 9.17) is 37.0 Å². The van der Waals surface area contributed by atoms with Gasteiger partial charge in [0.15, 0.2) is 12.2 Å². The summed E-state index contributed by atoms with van der Waals surface area (Å²) in [6.45, 7) is 9.51. The van der Waals surface area contributed by atoms with E-state index in [9.17, 15) is 43.2 Å². The zero-order valence-corrected chi connectivity index (χ0v) is 59.5. The molecule has 0 aromatic carbocycles. The SMILES string of the molecule is CCCCCCCCCCCCCCC(=O)OC[C@H](COP(=O)(O)OC[C@@H](O)COP(=O)(O)OC[C@@H](COC(=O)CCCCCCCCCCC)OC(=O)CCCCCCCCC(C)CC)OC(=O)CCCCCCCCCCCCCCCCCC(C)C. The second-order valence-electron chi connectivity index (χ2n) is 26.0. The lowest BCUT2D eigenvalue weighted by Gasteiger charge is -2.21. The Labute approximate surface area is 543 Å². The monoisotopic (exact) mass is 1310 g/mol. The van der Waals surface area contributed by atoms with Crippen LogP contribution in [0.15, 0.2) is 0 Å². The second-order valence-corrected chi connectivity index (χ2v) is 28.9. The Morgan fingerprint density at radius 1 is 0.326 bits per heavy atom. The van der Waals surface area contributed by atoms with Crippen molar-refractivity contribution in [3.05, 3.63) is 0 Å². The molecule has 0 aromatic rings. The lowest BCUT2D eigenvalue weighted by molar-refractivity contribution is -0.161. The molecule has 3 N–H and O–H groups in total. The lowest BCUT2D eigenvalue weighted by atomic mass is 10.00. The third-order valence-corrected chi connectivity index (χ3v) is 18.5. The summed E-state index contributed by atoms with van der Waals surface area (Å²) in [5.74, 6) is -0.604. The van der Waals surface area contributed by atoms with Crippen LogP contribution in [-0.4, -0.2) is 96.7 Å². The van der Waals surface area contributed by atoms with E-state index < -0.39 is 97.5 Å². The Kier molecular flexibility index (Phi) is 60.8. The van der Waals surface area contributed by atoms with Gasteiger partial charge in [-0.05, 0) is 37.5 Å². The number of unbranched alkanes of at least 4 members (excludes halogenated alkanes) is 38. The molecule has 0 radical (unpaired) electrons. The molecule has 0 bridgehead atoms. The average molecular weight is 1310 g/mol. The van der Waals surface area contributed by atoms with E-state index in [-0.39, 0.29) is 25.7 Å². The summed E-state index contributed by atoms with van der Waals surface area (Å²) in [4.78, 5) is 72.5. The highest BCUT2D eigenvalue weighted by atomic mass is 31.2. The molecular formula is C70H136O17P2. The molecule has 0 aromatic heterocycles. The van der Waals surface area contributed by atoms with Gasteiger partial charge in [-0.3, -0.25) is 37.3 Å². The van der Waals surface area contributed by atoms with Gasteiger partial charge in [0.2, 0.25) is 0 Å². The Bertz CT molecular complexity index is 1740. The van der Waals surface area contributed by atoms with Crippen molar-refractivity contribution in [2.75, 3.05) is 39.6 Å². The number of esters is 4. The minimum Gasteiger partial charge on any atom is -0.462 e. The standard InChI is InChI=1S/C70H136O17P2/c1-7-10-12-14-16-18-19-26-30-34-41-47-53-68(73)81-58-65(86-69(74)54-48-42-35-31-27-24-22-20-21-23-25-29-32-38-44-50-62(4)5)60-84-88(76,77)82-56-64(71)57-83-89(78,79)85-61-66(59-80-67(72)52-46-40-33-28-17-15-13-11-8-2)87-70(75)55-49-43-37-36-39-45-51-63(6)9-3/h62-66,71H,7-61H2,1-6H3,(H,76,77)(H,78,79)/t63?,64-,65-,66-/m1/s1. The van der Waals surface area contributed by atoms with Crippen molar-refractivity contribution in [3.8, 4) is 0 Å². The van der Waals surface area contributed by atoms with Gasteiger partial charge in [0.25, 0.3) is 0 Å². The lowest BCUT2D eigenvalue weighted by Crippen LogP contribution is -2.30. The average Bonchev–Trinajstić information content (AvgIpc) is 3.63. The molecule has 0 saturated carbocycles. The summed E-state index contributed by atoms with van der Waals surface area (Å²) in [5.41, 5.74) is 0. The molecule has 528 valence electrons. The summed E-state index contributed by atoms with van der Waals surface area (Å²) >= 11 is 0. The first-order valence-electron chi connectivity index (χ1n) is 36.5. The smallest absolute Gasteiger partial charge is 0.462 e. The van der Waals surface area contributed by atoms with Gasteiger partial charge in [-0.25, -0.2) is 9.13 Å². The zero-order chi connectivity index (χ0) is 65.7. The predicted octanol–water partition coefficient (Wildman–Crippen LogP) is 20.0. The fourth-order valence-electron chi connectivity index (χ4n) is 10.6. The topological polar surface area (TPSA) is 237 Å².